The first-order chi connectivity index (χ1) is 15.4. The van der Waals surface area contributed by atoms with Gasteiger partial charge in [-0.05, 0) is 29.3 Å². The average molecular weight is 459 g/mol. The minimum absolute atomic E-state index is 0.0113. The van der Waals surface area contributed by atoms with Gasteiger partial charge in [0.15, 0.2) is 23.8 Å². The van der Waals surface area contributed by atoms with Gasteiger partial charge >= 0.3 is 5.97 Å². The second-order valence-corrected chi connectivity index (χ2v) is 8.54. The Morgan fingerprint density at radius 3 is 2.62 bits per heavy atom. The largest absolute Gasteiger partial charge is 0.492 e. The number of halogens is 1. The lowest BCUT2D eigenvalue weighted by Crippen LogP contribution is -2.51. The number of hydrogen-bond donors (Lipinski definition) is 0. The fourth-order valence-corrected chi connectivity index (χ4v) is 4.53. The van der Waals surface area contributed by atoms with Gasteiger partial charge in [-0.25, -0.2) is 4.79 Å². The molecule has 2 aliphatic rings. The summed E-state index contributed by atoms with van der Waals surface area (Å²) < 4.78 is 22.4. The third kappa shape index (κ3) is 4.06. The molecule has 7 nitrogen and oxygen atoms in total. The first kappa shape index (κ1) is 22.2. The monoisotopic (exact) mass is 458 g/mol. The molecule has 0 bridgehead atoms. The fourth-order valence-electron chi connectivity index (χ4n) is 4.33. The molecule has 2 aromatic carbocycles. The van der Waals surface area contributed by atoms with E-state index in [-0.39, 0.29) is 25.1 Å². The molecule has 168 valence electrons. The van der Waals surface area contributed by atoms with E-state index in [0.29, 0.717) is 51.8 Å². The van der Waals surface area contributed by atoms with Crippen LogP contribution in [0.3, 0.4) is 0 Å². The Morgan fingerprint density at radius 2 is 1.91 bits per heavy atom. The van der Waals surface area contributed by atoms with Crippen molar-refractivity contribution >= 4 is 29.4 Å². The van der Waals surface area contributed by atoms with E-state index in [1.807, 2.05) is 25.2 Å². The van der Waals surface area contributed by atoms with Crippen molar-refractivity contribution in [3.63, 3.8) is 0 Å². The zero-order chi connectivity index (χ0) is 22.9. The van der Waals surface area contributed by atoms with Gasteiger partial charge in [-0.3, -0.25) is 4.79 Å². The summed E-state index contributed by atoms with van der Waals surface area (Å²) in [5.74, 6) is 0.892. The van der Waals surface area contributed by atoms with Crippen molar-refractivity contribution in [1.29, 1.82) is 0 Å². The number of benzene rings is 2. The van der Waals surface area contributed by atoms with Crippen LogP contribution in [0.5, 0.6) is 17.2 Å². The highest BCUT2D eigenvalue weighted by molar-refractivity contribution is 6.32. The summed E-state index contributed by atoms with van der Waals surface area (Å²) >= 11 is 6.22. The molecular weight excluding hydrogens is 434 g/mol. The number of allylic oxidation sites excluding steroid dienone is 1. The van der Waals surface area contributed by atoms with E-state index in [4.69, 9.17) is 30.5 Å². The van der Waals surface area contributed by atoms with Gasteiger partial charge in [0, 0.05) is 11.4 Å². The quantitative estimate of drug-likeness (QED) is 0.285. The molecule has 2 aromatic rings. The molecule has 2 aliphatic heterocycles. The number of quaternary nitrogens is 1. The van der Waals surface area contributed by atoms with Crippen LogP contribution >= 0.6 is 11.6 Å². The van der Waals surface area contributed by atoms with Crippen LogP contribution in [0.15, 0.2) is 30.3 Å². The first-order valence-corrected chi connectivity index (χ1v) is 10.6. The molecule has 0 saturated heterocycles. The molecular formula is C24H25ClNO6+. The number of fused-ring (bicyclic) bond motifs is 2. The zero-order valence-corrected chi connectivity index (χ0v) is 19.0. The van der Waals surface area contributed by atoms with E-state index >= 15 is 0 Å². The lowest BCUT2D eigenvalue weighted by Gasteiger charge is -2.38. The summed E-state index contributed by atoms with van der Waals surface area (Å²) in [4.78, 5) is 25.3. The van der Waals surface area contributed by atoms with Crippen LogP contribution in [-0.4, -0.2) is 57.4 Å². The summed E-state index contributed by atoms with van der Waals surface area (Å²) in [5, 5.41) is 0.564. The maximum absolute atomic E-state index is 13.4. The third-order valence-electron chi connectivity index (χ3n) is 5.94. The number of rotatable bonds is 6. The molecule has 4 rings (SSSR count). The van der Waals surface area contributed by atoms with Crippen LogP contribution in [0.25, 0.3) is 6.08 Å². The van der Waals surface area contributed by atoms with Gasteiger partial charge < -0.3 is 23.4 Å². The molecule has 0 radical (unpaired) electrons. The Labute approximate surface area is 191 Å². The van der Waals surface area contributed by atoms with Crippen molar-refractivity contribution in [2.75, 3.05) is 41.1 Å². The Kier molecular flexibility index (Phi) is 6.13. The molecule has 0 saturated carbocycles. The average Bonchev–Trinajstić information content (AvgIpc) is 3.25. The van der Waals surface area contributed by atoms with Crippen molar-refractivity contribution < 1.29 is 33.0 Å². The predicted octanol–water partition coefficient (Wildman–Crippen LogP) is 3.65. The van der Waals surface area contributed by atoms with Crippen LogP contribution in [0.1, 0.15) is 27.0 Å². The van der Waals surface area contributed by atoms with Crippen LogP contribution in [-0.2, 0) is 22.5 Å². The second-order valence-electron chi connectivity index (χ2n) is 8.13. The van der Waals surface area contributed by atoms with Gasteiger partial charge in [-0.15, -0.1) is 0 Å². The highest BCUT2D eigenvalue weighted by atomic mass is 35.5. The molecule has 0 amide bonds. The van der Waals surface area contributed by atoms with Crippen LogP contribution in [0.4, 0.5) is 0 Å². The first-order valence-electron chi connectivity index (χ1n) is 10.3. The number of hydrogen-bond acceptors (Lipinski definition) is 6. The standard InChI is InChI=1S/C24H25ClNO6/c1-26(13-20(28)29-2)11-10-16-17(12-26)22(30-3)24-23(31-14-32-24)21(16)19(27)9-8-15-6-4-5-7-18(15)25/h4-9H,10-14H2,1-3H3/q+1/b9-8+/t26-/m0/s1. The van der Waals surface area contributed by atoms with Gasteiger partial charge in [0.25, 0.3) is 0 Å². The molecule has 0 spiro atoms. The maximum Gasteiger partial charge on any atom is 0.361 e. The maximum atomic E-state index is 13.4. The number of carbonyl (C=O) groups excluding carboxylic acids is 2. The van der Waals surface area contributed by atoms with E-state index < -0.39 is 0 Å². The summed E-state index contributed by atoms with van der Waals surface area (Å²) in [7, 11) is 4.94. The minimum atomic E-state index is -0.283. The number of likely N-dealkylation sites (N-methyl/N-ethyl adjacent to an activating group) is 1. The van der Waals surface area contributed by atoms with E-state index in [2.05, 4.69) is 0 Å². The molecule has 32 heavy (non-hydrogen) atoms. The number of carbonyl (C=O) groups is 2. The summed E-state index contributed by atoms with van der Waals surface area (Å²) in [6, 6.07) is 7.31. The molecule has 1 atom stereocenters. The summed E-state index contributed by atoms with van der Waals surface area (Å²) in [6.07, 6.45) is 3.78. The normalized spacial score (nSPS) is 19.0. The Hall–Kier alpha value is -3.03. The zero-order valence-electron chi connectivity index (χ0n) is 18.3. The molecule has 0 aromatic heterocycles. The Morgan fingerprint density at radius 1 is 1.16 bits per heavy atom. The van der Waals surface area contributed by atoms with Gasteiger partial charge in [0.05, 0.1) is 38.9 Å². The lowest BCUT2D eigenvalue weighted by atomic mass is 9.89. The Balaban J connectivity index is 1.78. The number of ether oxygens (including phenoxy) is 4. The van der Waals surface area contributed by atoms with Gasteiger partial charge in [-0.2, -0.15) is 0 Å². The molecule has 2 heterocycles. The number of nitrogens with zero attached hydrogens (tertiary/aromatic N) is 1. The Bertz CT molecular complexity index is 1110. The highest BCUT2D eigenvalue weighted by Crippen LogP contribution is 2.50. The van der Waals surface area contributed by atoms with Crippen molar-refractivity contribution in [3.8, 4) is 17.2 Å². The fraction of sp³-hybridized carbons (Fsp3) is 0.333. The SMILES string of the molecule is COC(=O)C[N@@+]1(C)CCc2c(c(OC)c3c(c2C(=O)/C=C/c2ccccc2Cl)OCO3)C1. The van der Waals surface area contributed by atoms with Crippen LogP contribution in [0, 0.1) is 0 Å². The lowest BCUT2D eigenvalue weighted by molar-refractivity contribution is -0.917. The minimum Gasteiger partial charge on any atom is -0.492 e. The van der Waals surface area contributed by atoms with E-state index in [0.717, 1.165) is 16.7 Å². The highest BCUT2D eigenvalue weighted by Gasteiger charge is 2.40. The number of ketones is 1. The van der Waals surface area contributed by atoms with E-state index in [1.54, 1.807) is 19.3 Å². The van der Waals surface area contributed by atoms with Crippen LogP contribution in [0.2, 0.25) is 5.02 Å². The van der Waals surface area contributed by atoms with E-state index in [9.17, 15) is 9.59 Å². The van der Waals surface area contributed by atoms with Crippen molar-refractivity contribution in [1.82, 2.24) is 0 Å². The third-order valence-corrected chi connectivity index (χ3v) is 6.28. The van der Waals surface area contributed by atoms with Crippen molar-refractivity contribution in [2.45, 2.75) is 13.0 Å². The number of esters is 1. The van der Waals surface area contributed by atoms with Crippen LogP contribution < -0.4 is 14.2 Å². The van der Waals surface area contributed by atoms with Gasteiger partial charge in [-0.1, -0.05) is 29.8 Å². The summed E-state index contributed by atoms with van der Waals surface area (Å²) in [5.41, 5.74) is 2.94. The molecule has 0 aliphatic carbocycles. The van der Waals surface area contributed by atoms with Gasteiger partial charge in [0.1, 0.15) is 6.54 Å². The van der Waals surface area contributed by atoms with E-state index in [1.165, 1.54) is 13.2 Å². The molecule has 0 fully saturated rings. The topological polar surface area (TPSA) is 71.1 Å². The number of methoxy groups -OCH3 is 2. The van der Waals surface area contributed by atoms with Crippen molar-refractivity contribution in [3.05, 3.63) is 57.6 Å². The molecule has 0 unspecified atom stereocenters. The van der Waals surface area contributed by atoms with Gasteiger partial charge in [0.2, 0.25) is 12.5 Å². The van der Waals surface area contributed by atoms with Crippen molar-refractivity contribution in [2.24, 2.45) is 0 Å². The molecule has 8 heteroatoms. The predicted molar refractivity (Wildman–Crippen MR) is 119 cm³/mol. The molecule has 0 N–H and O–H groups in total. The second kappa shape index (κ2) is 8.84. The summed E-state index contributed by atoms with van der Waals surface area (Å²) in [6.45, 7) is 1.40. The smallest absolute Gasteiger partial charge is 0.361 e.